The van der Waals surface area contributed by atoms with E-state index in [4.69, 9.17) is 21.3 Å². The molecule has 0 fully saturated rings. The third kappa shape index (κ3) is 5.95. The van der Waals surface area contributed by atoms with Crippen molar-refractivity contribution < 1.29 is 9.53 Å². The molecule has 0 saturated heterocycles. The van der Waals surface area contributed by atoms with E-state index in [0.717, 1.165) is 53.8 Å². The number of aryl methyl sites for hydroxylation is 2. The minimum atomic E-state index is -0.295. The van der Waals surface area contributed by atoms with Crippen molar-refractivity contribution in [3.05, 3.63) is 79.9 Å². The molecule has 10 heteroatoms. The molecule has 0 atom stereocenters. The van der Waals surface area contributed by atoms with Crippen LogP contribution in [-0.2, 0) is 17.6 Å². The molecule has 0 unspecified atom stereocenters. The molecular formula is C28H27ClN4O3S2. The van der Waals surface area contributed by atoms with Crippen LogP contribution < -0.4 is 15.7 Å². The highest BCUT2D eigenvalue weighted by Crippen LogP contribution is 2.35. The van der Waals surface area contributed by atoms with Gasteiger partial charge in [-0.05, 0) is 91.8 Å². The molecule has 38 heavy (non-hydrogen) atoms. The molecule has 0 radical (unpaired) electrons. The summed E-state index contributed by atoms with van der Waals surface area (Å²) in [4.78, 5) is 33.2. The fourth-order valence-corrected chi connectivity index (χ4v) is 6.55. The summed E-state index contributed by atoms with van der Waals surface area (Å²) in [5.41, 5.74) is 5.08. The highest BCUT2D eigenvalue weighted by atomic mass is 35.5. The van der Waals surface area contributed by atoms with Gasteiger partial charge in [-0.25, -0.2) is 10.4 Å². The molecule has 2 aromatic carbocycles. The summed E-state index contributed by atoms with van der Waals surface area (Å²) < 4.78 is 7.17. The van der Waals surface area contributed by atoms with Gasteiger partial charge in [0, 0.05) is 9.90 Å². The number of thiophene rings is 1. The molecular weight excluding hydrogens is 540 g/mol. The lowest BCUT2D eigenvalue weighted by Gasteiger charge is -2.13. The molecule has 1 aliphatic carbocycles. The number of nitrogens with one attached hydrogen (secondary N) is 1. The van der Waals surface area contributed by atoms with Crippen molar-refractivity contribution in [1.82, 2.24) is 15.0 Å². The van der Waals surface area contributed by atoms with Crippen molar-refractivity contribution in [3.8, 4) is 11.4 Å². The maximum atomic E-state index is 13.8. The number of ether oxygens (including phenoxy) is 1. The van der Waals surface area contributed by atoms with Crippen LogP contribution in [-0.4, -0.2) is 34.0 Å². The van der Waals surface area contributed by atoms with Gasteiger partial charge in [0.2, 0.25) is 0 Å². The molecule has 196 valence electrons. The van der Waals surface area contributed by atoms with Gasteiger partial charge in [-0.3, -0.25) is 14.2 Å². The molecule has 0 saturated carbocycles. The average Bonchev–Trinajstić information content (AvgIpc) is 3.31. The summed E-state index contributed by atoms with van der Waals surface area (Å²) in [6.07, 6.45) is 6.61. The van der Waals surface area contributed by atoms with Gasteiger partial charge in [-0.1, -0.05) is 30.3 Å². The number of amides is 1. The predicted octanol–water partition coefficient (Wildman–Crippen LogP) is 6.01. The molecule has 1 aliphatic rings. The summed E-state index contributed by atoms with van der Waals surface area (Å²) >= 11 is 8.90. The molecule has 1 N–H and O–H groups in total. The highest BCUT2D eigenvalue weighted by Gasteiger charge is 2.23. The SMILES string of the molecule is CCCOc1ccc(C=NNC(=O)CSc2nc3sc4c(c3c(=O)n2-c2ccc(Cl)cc2)CCCC4)cc1. The number of hydrazone groups is 1. The van der Waals surface area contributed by atoms with Crippen LogP contribution in [0.15, 0.2) is 63.6 Å². The molecule has 1 amide bonds. The van der Waals surface area contributed by atoms with Gasteiger partial charge in [-0.2, -0.15) is 5.10 Å². The first-order valence-electron chi connectivity index (χ1n) is 12.5. The summed E-state index contributed by atoms with van der Waals surface area (Å²) in [6.45, 7) is 2.73. The lowest BCUT2D eigenvalue weighted by atomic mass is 9.97. The Bertz CT molecular complexity index is 1530. The Hall–Kier alpha value is -3.14. The second kappa shape index (κ2) is 12.1. The van der Waals surface area contributed by atoms with E-state index < -0.39 is 0 Å². The van der Waals surface area contributed by atoms with Gasteiger partial charge >= 0.3 is 0 Å². The van der Waals surface area contributed by atoms with Crippen molar-refractivity contribution in [2.24, 2.45) is 5.10 Å². The van der Waals surface area contributed by atoms with Crippen LogP contribution in [0.1, 0.15) is 42.2 Å². The summed E-state index contributed by atoms with van der Waals surface area (Å²) in [5.74, 6) is 0.557. The summed E-state index contributed by atoms with van der Waals surface area (Å²) in [5, 5.41) is 5.81. The largest absolute Gasteiger partial charge is 0.494 e. The topological polar surface area (TPSA) is 85.6 Å². The molecule has 4 aromatic rings. The Morgan fingerprint density at radius 3 is 2.71 bits per heavy atom. The Kier molecular flexibility index (Phi) is 8.46. The van der Waals surface area contributed by atoms with Crippen LogP contribution in [0.5, 0.6) is 5.75 Å². The zero-order valence-corrected chi connectivity index (χ0v) is 23.3. The monoisotopic (exact) mass is 566 g/mol. The maximum Gasteiger partial charge on any atom is 0.267 e. The minimum Gasteiger partial charge on any atom is -0.494 e. The quantitative estimate of drug-likeness (QED) is 0.116. The highest BCUT2D eigenvalue weighted by molar-refractivity contribution is 7.99. The third-order valence-corrected chi connectivity index (χ3v) is 8.51. The number of carbonyl (C=O) groups is 1. The summed E-state index contributed by atoms with van der Waals surface area (Å²) in [7, 11) is 0. The maximum absolute atomic E-state index is 13.8. The minimum absolute atomic E-state index is 0.0533. The van der Waals surface area contributed by atoms with Gasteiger partial charge in [0.25, 0.3) is 11.5 Å². The van der Waals surface area contributed by atoms with Crippen molar-refractivity contribution in [2.45, 2.75) is 44.2 Å². The normalized spacial score (nSPS) is 13.1. The number of halogens is 1. The second-order valence-corrected chi connectivity index (χ2v) is 11.4. The Morgan fingerprint density at radius 2 is 1.95 bits per heavy atom. The Labute approximate surface area is 233 Å². The van der Waals surface area contributed by atoms with Crippen LogP contribution in [0.4, 0.5) is 0 Å². The van der Waals surface area contributed by atoms with Crippen molar-refractivity contribution in [2.75, 3.05) is 12.4 Å². The average molecular weight is 567 g/mol. The van der Waals surface area contributed by atoms with Crippen LogP contribution >= 0.6 is 34.7 Å². The van der Waals surface area contributed by atoms with Crippen molar-refractivity contribution in [3.63, 3.8) is 0 Å². The Balaban J connectivity index is 1.34. The van der Waals surface area contributed by atoms with E-state index >= 15 is 0 Å². The van der Waals surface area contributed by atoms with E-state index in [0.29, 0.717) is 27.9 Å². The van der Waals surface area contributed by atoms with Gasteiger partial charge in [0.1, 0.15) is 10.6 Å². The number of fused-ring (bicyclic) bond motifs is 3. The van der Waals surface area contributed by atoms with Gasteiger partial charge in [-0.15, -0.1) is 11.3 Å². The number of rotatable bonds is 9. The van der Waals surface area contributed by atoms with E-state index in [2.05, 4.69) is 17.5 Å². The zero-order valence-electron chi connectivity index (χ0n) is 20.9. The standard InChI is InChI=1S/C28H27ClN4O3S2/c1-2-15-36-21-13-7-18(8-14-21)16-30-32-24(34)17-37-28-31-26-25(22-5-3-4-6-23(22)38-26)27(35)33(28)20-11-9-19(29)10-12-20/h7-14,16H,2-6,15,17H2,1H3,(H,32,34). The molecule has 0 bridgehead atoms. The van der Waals surface area contributed by atoms with Crippen molar-refractivity contribution >= 4 is 57.0 Å². The van der Waals surface area contributed by atoms with Crippen LogP contribution in [0.25, 0.3) is 15.9 Å². The summed E-state index contributed by atoms with van der Waals surface area (Å²) in [6, 6.07) is 14.6. The first kappa shape index (κ1) is 26.5. The molecule has 2 heterocycles. The van der Waals surface area contributed by atoms with Crippen LogP contribution in [0.2, 0.25) is 5.02 Å². The van der Waals surface area contributed by atoms with E-state index in [1.165, 1.54) is 16.6 Å². The fraction of sp³-hybridized carbons (Fsp3) is 0.286. The van der Waals surface area contributed by atoms with Crippen molar-refractivity contribution in [1.29, 1.82) is 0 Å². The predicted molar refractivity (Wildman–Crippen MR) is 156 cm³/mol. The number of carbonyl (C=O) groups excluding carboxylic acids is 1. The smallest absolute Gasteiger partial charge is 0.267 e. The molecule has 0 aliphatic heterocycles. The van der Waals surface area contributed by atoms with E-state index in [-0.39, 0.29) is 17.2 Å². The number of aromatic nitrogens is 2. The fourth-order valence-electron chi connectivity index (χ4n) is 4.31. The molecule has 2 aromatic heterocycles. The van der Waals surface area contributed by atoms with Crippen LogP contribution in [0, 0.1) is 0 Å². The number of nitrogens with zero attached hydrogens (tertiary/aromatic N) is 3. The van der Waals surface area contributed by atoms with Gasteiger partial charge < -0.3 is 4.74 Å². The third-order valence-electron chi connectivity index (χ3n) is 6.13. The van der Waals surface area contributed by atoms with E-state index in [9.17, 15) is 9.59 Å². The first-order valence-corrected chi connectivity index (χ1v) is 14.7. The molecule has 7 nitrogen and oxygen atoms in total. The molecule has 0 spiro atoms. The van der Waals surface area contributed by atoms with E-state index in [1.807, 2.05) is 24.3 Å². The second-order valence-electron chi connectivity index (χ2n) is 8.90. The van der Waals surface area contributed by atoms with Gasteiger partial charge in [0.15, 0.2) is 5.16 Å². The lowest BCUT2D eigenvalue weighted by Crippen LogP contribution is -2.24. The van der Waals surface area contributed by atoms with E-state index in [1.54, 1.807) is 46.4 Å². The number of hydrogen-bond acceptors (Lipinski definition) is 7. The van der Waals surface area contributed by atoms with Gasteiger partial charge in [0.05, 0.1) is 29.6 Å². The van der Waals surface area contributed by atoms with Crippen LogP contribution in [0.3, 0.4) is 0 Å². The number of thioether (sulfide) groups is 1. The first-order chi connectivity index (χ1) is 18.5. The zero-order chi connectivity index (χ0) is 26.5. The molecule has 5 rings (SSSR count). The Morgan fingerprint density at radius 1 is 1.18 bits per heavy atom. The number of benzene rings is 2. The lowest BCUT2D eigenvalue weighted by molar-refractivity contribution is -0.118. The number of hydrogen-bond donors (Lipinski definition) is 1.